The van der Waals surface area contributed by atoms with Gasteiger partial charge < -0.3 is 20.0 Å². The van der Waals surface area contributed by atoms with Crippen LogP contribution in [0.5, 0.6) is 0 Å². The fraction of sp³-hybridized carbons (Fsp3) is 0.556. The van der Waals surface area contributed by atoms with Crippen molar-refractivity contribution in [1.29, 1.82) is 0 Å². The van der Waals surface area contributed by atoms with E-state index < -0.39 is 0 Å². The summed E-state index contributed by atoms with van der Waals surface area (Å²) in [7, 11) is 2.00. The van der Waals surface area contributed by atoms with E-state index in [0.717, 1.165) is 37.7 Å². The molecule has 1 amide bonds. The molecule has 0 atom stereocenters. The van der Waals surface area contributed by atoms with Gasteiger partial charge in [-0.2, -0.15) is 0 Å². The maximum Gasteiger partial charge on any atom is 0.242 e. The lowest BCUT2D eigenvalue weighted by molar-refractivity contribution is -0.119. The Bertz CT molecular complexity index is 503. The van der Waals surface area contributed by atoms with Crippen molar-refractivity contribution in [2.24, 2.45) is 4.99 Å². The van der Waals surface area contributed by atoms with Crippen LogP contribution >= 0.6 is 24.0 Å². The summed E-state index contributed by atoms with van der Waals surface area (Å²) in [6.45, 7) is 7.93. The first-order chi connectivity index (χ1) is 11.7. The Labute approximate surface area is 168 Å². The summed E-state index contributed by atoms with van der Waals surface area (Å²) in [6.07, 6.45) is 8.04. The number of unbranched alkanes of at least 4 members (excludes halogenated alkanes) is 3. The Hall–Kier alpha value is -1.51. The van der Waals surface area contributed by atoms with E-state index in [1.807, 2.05) is 26.1 Å². The molecule has 0 saturated heterocycles. The average molecular weight is 462 g/mol. The summed E-state index contributed by atoms with van der Waals surface area (Å²) in [5.41, 5.74) is 0. The zero-order chi connectivity index (χ0) is 17.6. The summed E-state index contributed by atoms with van der Waals surface area (Å²) >= 11 is 0. The van der Waals surface area contributed by atoms with Gasteiger partial charge in [0.2, 0.25) is 5.91 Å². The van der Waals surface area contributed by atoms with Crippen molar-refractivity contribution >= 4 is 35.8 Å². The van der Waals surface area contributed by atoms with Crippen molar-refractivity contribution in [2.75, 3.05) is 26.7 Å². The molecule has 0 aliphatic rings. The molecule has 0 unspecified atom stereocenters. The molecular formula is C18H31IN4O2. The van der Waals surface area contributed by atoms with Crippen LogP contribution in [-0.2, 0) is 11.3 Å². The maximum absolute atomic E-state index is 11.9. The van der Waals surface area contributed by atoms with Gasteiger partial charge in [0.1, 0.15) is 12.3 Å². The number of carbonyl (C=O) groups excluding carboxylic acids is 1. The number of rotatable bonds is 11. The lowest BCUT2D eigenvalue weighted by Gasteiger charge is -2.21. The number of aliphatic imine (C=N–C) groups is 1. The molecule has 1 rings (SSSR count). The van der Waals surface area contributed by atoms with Gasteiger partial charge >= 0.3 is 0 Å². The zero-order valence-electron chi connectivity index (χ0n) is 15.3. The number of furan rings is 1. The van der Waals surface area contributed by atoms with Crippen LogP contribution in [0.25, 0.3) is 0 Å². The second kappa shape index (κ2) is 14.8. The standard InChI is InChI=1S/C18H30N4O2.HI/c1-4-6-7-8-9-12-22(3)18(19-5-2)21-15-17(23)20-14-16-11-10-13-24-16;/h4,10-11,13H,1,5-9,12,14-15H2,2-3H3,(H,19,21)(H,20,23);1H. The fourth-order valence-electron chi connectivity index (χ4n) is 2.19. The van der Waals surface area contributed by atoms with E-state index >= 15 is 0 Å². The Morgan fingerprint density at radius 3 is 2.80 bits per heavy atom. The minimum atomic E-state index is -0.124. The molecule has 142 valence electrons. The number of halogens is 1. The molecular weight excluding hydrogens is 431 g/mol. The quantitative estimate of drug-likeness (QED) is 0.174. The van der Waals surface area contributed by atoms with E-state index in [-0.39, 0.29) is 36.4 Å². The van der Waals surface area contributed by atoms with Gasteiger partial charge in [-0.25, -0.2) is 4.99 Å². The highest BCUT2D eigenvalue weighted by atomic mass is 127. The predicted molar refractivity (Wildman–Crippen MR) is 113 cm³/mol. The van der Waals surface area contributed by atoms with Crippen molar-refractivity contribution in [3.63, 3.8) is 0 Å². The molecule has 1 aromatic heterocycles. The number of carbonyl (C=O) groups is 1. The van der Waals surface area contributed by atoms with Gasteiger partial charge in [0.15, 0.2) is 5.96 Å². The normalized spacial score (nSPS) is 10.7. The zero-order valence-corrected chi connectivity index (χ0v) is 17.6. The van der Waals surface area contributed by atoms with E-state index in [1.54, 1.807) is 12.3 Å². The number of hydrogen-bond donors (Lipinski definition) is 2. The molecule has 0 saturated carbocycles. The molecule has 0 aliphatic carbocycles. The Morgan fingerprint density at radius 2 is 2.16 bits per heavy atom. The van der Waals surface area contributed by atoms with E-state index in [4.69, 9.17) is 4.42 Å². The highest BCUT2D eigenvalue weighted by Gasteiger charge is 2.07. The van der Waals surface area contributed by atoms with Crippen LogP contribution in [-0.4, -0.2) is 43.4 Å². The highest BCUT2D eigenvalue weighted by molar-refractivity contribution is 14.0. The second-order valence-corrected chi connectivity index (χ2v) is 5.59. The summed E-state index contributed by atoms with van der Waals surface area (Å²) < 4.78 is 5.18. The number of nitrogens with one attached hydrogen (secondary N) is 2. The van der Waals surface area contributed by atoms with Crippen molar-refractivity contribution in [1.82, 2.24) is 15.5 Å². The summed E-state index contributed by atoms with van der Waals surface area (Å²) in [5.74, 6) is 1.37. The third-order valence-electron chi connectivity index (χ3n) is 3.51. The maximum atomic E-state index is 11.9. The second-order valence-electron chi connectivity index (χ2n) is 5.59. The molecule has 0 aliphatic heterocycles. The minimum absolute atomic E-state index is 0. The summed E-state index contributed by atoms with van der Waals surface area (Å²) in [5, 5.41) is 6.01. The monoisotopic (exact) mass is 462 g/mol. The SMILES string of the molecule is C=CCCCCCN(C)C(=NCC(=O)NCc1ccco1)NCC.I. The van der Waals surface area contributed by atoms with Crippen molar-refractivity contribution in [3.8, 4) is 0 Å². The molecule has 0 spiro atoms. The average Bonchev–Trinajstić information content (AvgIpc) is 3.09. The first-order valence-corrected chi connectivity index (χ1v) is 8.56. The van der Waals surface area contributed by atoms with Gasteiger partial charge in [0.25, 0.3) is 0 Å². The van der Waals surface area contributed by atoms with E-state index in [0.29, 0.717) is 6.54 Å². The molecule has 0 bridgehead atoms. The van der Waals surface area contributed by atoms with Crippen molar-refractivity contribution in [3.05, 3.63) is 36.8 Å². The van der Waals surface area contributed by atoms with Gasteiger partial charge in [0, 0.05) is 20.1 Å². The van der Waals surface area contributed by atoms with E-state index in [1.165, 1.54) is 12.8 Å². The molecule has 0 fully saturated rings. The Kier molecular flexibility index (Phi) is 13.9. The Balaban J connectivity index is 0.00000576. The summed E-state index contributed by atoms with van der Waals surface area (Å²) in [4.78, 5) is 18.4. The molecule has 2 N–H and O–H groups in total. The number of amides is 1. The van der Waals surface area contributed by atoms with Crippen molar-refractivity contribution in [2.45, 2.75) is 39.2 Å². The largest absolute Gasteiger partial charge is 0.467 e. The van der Waals surface area contributed by atoms with Crippen LogP contribution in [0.15, 0.2) is 40.5 Å². The van der Waals surface area contributed by atoms with Gasteiger partial charge in [-0.15, -0.1) is 30.6 Å². The molecule has 7 heteroatoms. The van der Waals surface area contributed by atoms with Gasteiger partial charge in [0.05, 0.1) is 12.8 Å². The molecule has 0 aromatic carbocycles. The first kappa shape index (κ1) is 23.5. The van der Waals surface area contributed by atoms with Crippen LogP contribution in [0.2, 0.25) is 0 Å². The highest BCUT2D eigenvalue weighted by Crippen LogP contribution is 2.02. The first-order valence-electron chi connectivity index (χ1n) is 8.56. The van der Waals surface area contributed by atoms with E-state index in [9.17, 15) is 4.79 Å². The minimum Gasteiger partial charge on any atom is -0.467 e. The third-order valence-corrected chi connectivity index (χ3v) is 3.51. The fourth-order valence-corrected chi connectivity index (χ4v) is 2.19. The van der Waals surface area contributed by atoms with Crippen LogP contribution in [0.4, 0.5) is 0 Å². The van der Waals surface area contributed by atoms with Crippen LogP contribution in [0.3, 0.4) is 0 Å². The smallest absolute Gasteiger partial charge is 0.242 e. The lowest BCUT2D eigenvalue weighted by atomic mass is 10.2. The van der Waals surface area contributed by atoms with Gasteiger partial charge in [-0.1, -0.05) is 12.5 Å². The predicted octanol–water partition coefficient (Wildman–Crippen LogP) is 3.16. The third kappa shape index (κ3) is 10.9. The molecule has 6 nitrogen and oxygen atoms in total. The number of guanidine groups is 1. The number of hydrogen-bond acceptors (Lipinski definition) is 3. The van der Waals surface area contributed by atoms with E-state index in [2.05, 4.69) is 27.1 Å². The Morgan fingerprint density at radius 1 is 1.36 bits per heavy atom. The number of allylic oxidation sites excluding steroid dienone is 1. The van der Waals surface area contributed by atoms with Gasteiger partial charge in [-0.05, 0) is 38.3 Å². The molecule has 0 radical (unpaired) electrons. The summed E-state index contributed by atoms with van der Waals surface area (Å²) in [6, 6.07) is 3.63. The van der Waals surface area contributed by atoms with Crippen LogP contribution < -0.4 is 10.6 Å². The van der Waals surface area contributed by atoms with Crippen molar-refractivity contribution < 1.29 is 9.21 Å². The van der Waals surface area contributed by atoms with Crippen LogP contribution in [0, 0.1) is 0 Å². The topological polar surface area (TPSA) is 69.9 Å². The van der Waals surface area contributed by atoms with Crippen LogP contribution in [0.1, 0.15) is 38.4 Å². The lowest BCUT2D eigenvalue weighted by Crippen LogP contribution is -2.40. The molecule has 25 heavy (non-hydrogen) atoms. The van der Waals surface area contributed by atoms with Gasteiger partial charge in [-0.3, -0.25) is 4.79 Å². The molecule has 1 heterocycles. The molecule has 1 aromatic rings. The number of nitrogens with zero attached hydrogens (tertiary/aromatic N) is 2.